The van der Waals surface area contributed by atoms with Crippen LogP contribution in [0.25, 0.3) is 0 Å². The van der Waals surface area contributed by atoms with Gasteiger partial charge in [-0.3, -0.25) is 14.4 Å². The number of hydrogen-bond acceptors (Lipinski definition) is 6. The van der Waals surface area contributed by atoms with Crippen LogP contribution in [0.3, 0.4) is 0 Å². The molecule has 0 saturated carbocycles. The first-order valence-electron chi connectivity index (χ1n) is 12.4. The molecule has 1 aromatic carbocycles. The van der Waals surface area contributed by atoms with Crippen LogP contribution < -0.4 is 5.32 Å². The lowest BCUT2D eigenvalue weighted by Gasteiger charge is -2.32. The lowest BCUT2D eigenvalue weighted by Crippen LogP contribution is -2.41. The van der Waals surface area contributed by atoms with Gasteiger partial charge in [0.05, 0.1) is 13.0 Å². The molecule has 3 rings (SSSR count). The Kier molecular flexibility index (Phi) is 8.70. The van der Waals surface area contributed by atoms with E-state index in [0.717, 1.165) is 18.4 Å². The molecule has 2 amide bonds. The third-order valence-electron chi connectivity index (χ3n) is 6.20. The second kappa shape index (κ2) is 11.5. The molecule has 8 heteroatoms. The highest BCUT2D eigenvalue weighted by Gasteiger charge is 2.30. The minimum atomic E-state index is -0.514. The quantitative estimate of drug-likeness (QED) is 0.470. The van der Waals surface area contributed by atoms with E-state index < -0.39 is 5.60 Å². The van der Waals surface area contributed by atoms with Crippen molar-refractivity contribution in [2.45, 2.75) is 65.4 Å². The third-order valence-corrected chi connectivity index (χ3v) is 6.20. The Morgan fingerprint density at radius 1 is 1.14 bits per heavy atom. The summed E-state index contributed by atoms with van der Waals surface area (Å²) in [6, 6.07) is 5.27. The van der Waals surface area contributed by atoms with E-state index in [9.17, 15) is 19.2 Å². The molecule has 8 nitrogen and oxygen atoms in total. The van der Waals surface area contributed by atoms with Gasteiger partial charge >= 0.3 is 12.1 Å². The van der Waals surface area contributed by atoms with Gasteiger partial charge in [0, 0.05) is 30.3 Å². The molecule has 1 fully saturated rings. The number of aryl methyl sites for hydroxylation is 1. The average molecular weight is 485 g/mol. The van der Waals surface area contributed by atoms with Crippen molar-refractivity contribution in [2.24, 2.45) is 11.8 Å². The highest BCUT2D eigenvalue weighted by molar-refractivity contribution is 6.03. The number of fused-ring (bicyclic) bond motifs is 1. The predicted octanol–water partition coefficient (Wildman–Crippen LogP) is 4.53. The molecular formula is C27H36N2O6. The zero-order valence-corrected chi connectivity index (χ0v) is 21.1. The van der Waals surface area contributed by atoms with E-state index >= 15 is 0 Å². The lowest BCUT2D eigenvalue weighted by molar-refractivity contribution is -0.144. The second-order valence-electron chi connectivity index (χ2n) is 10.1. The number of rotatable bonds is 6. The highest BCUT2D eigenvalue weighted by atomic mass is 16.6. The first kappa shape index (κ1) is 26.4. The summed E-state index contributed by atoms with van der Waals surface area (Å²) in [6.45, 7) is 8.80. The van der Waals surface area contributed by atoms with Crippen molar-refractivity contribution in [1.82, 2.24) is 4.90 Å². The van der Waals surface area contributed by atoms with Crippen LogP contribution in [-0.4, -0.2) is 54.0 Å². The first-order valence-corrected chi connectivity index (χ1v) is 12.4. The van der Waals surface area contributed by atoms with Crippen LogP contribution in [0, 0.1) is 11.8 Å². The number of carbonyl (C=O) groups excluding carboxylic acids is 4. The summed E-state index contributed by atoms with van der Waals surface area (Å²) < 4.78 is 10.4. The smallest absolute Gasteiger partial charge is 0.410 e. The number of ether oxygens (including phenoxy) is 2. The SMILES string of the molecule is CCOC(=O)CC1CCc2cc(NC(=O)C=CC3CCN(C(=O)OC(C)(C)C)CC3)ccc2C1=O. The number of benzene rings is 1. The topological polar surface area (TPSA) is 102 Å². The number of carbonyl (C=O) groups is 4. The van der Waals surface area contributed by atoms with Crippen LogP contribution in [0.5, 0.6) is 0 Å². The van der Waals surface area contributed by atoms with Gasteiger partial charge in [-0.2, -0.15) is 0 Å². The van der Waals surface area contributed by atoms with E-state index in [2.05, 4.69) is 5.32 Å². The standard InChI is InChI=1S/C27H36N2O6/c1-5-34-24(31)17-20-8-7-19-16-21(9-10-22(19)25(20)32)28-23(30)11-6-18-12-14-29(15-13-18)26(33)35-27(2,3)4/h6,9-11,16,18,20H,5,7-8,12-15,17H2,1-4H3,(H,28,30). The predicted molar refractivity (Wildman–Crippen MR) is 132 cm³/mol. The minimum absolute atomic E-state index is 0.0465. The van der Waals surface area contributed by atoms with Crippen molar-refractivity contribution >= 4 is 29.4 Å². The lowest BCUT2D eigenvalue weighted by atomic mass is 9.81. The highest BCUT2D eigenvalue weighted by Crippen LogP contribution is 2.30. The zero-order valence-electron chi connectivity index (χ0n) is 21.1. The third kappa shape index (κ3) is 7.67. The fourth-order valence-electron chi connectivity index (χ4n) is 4.42. The molecular weight excluding hydrogens is 448 g/mol. The van der Waals surface area contributed by atoms with Gasteiger partial charge in [0.2, 0.25) is 5.91 Å². The number of esters is 1. The Balaban J connectivity index is 1.49. The molecule has 0 spiro atoms. The number of piperidine rings is 1. The van der Waals surface area contributed by atoms with Crippen LogP contribution in [-0.2, 0) is 25.5 Å². The number of Topliss-reactive ketones (excluding diaryl/α,β-unsaturated/α-hetero) is 1. The van der Waals surface area contributed by atoms with Crippen molar-refractivity contribution < 1.29 is 28.7 Å². The average Bonchev–Trinajstić information content (AvgIpc) is 2.79. The fraction of sp³-hybridized carbons (Fsp3) is 0.556. The fourth-order valence-corrected chi connectivity index (χ4v) is 4.42. The molecule has 1 saturated heterocycles. The van der Waals surface area contributed by atoms with Crippen LogP contribution in [0.1, 0.15) is 69.3 Å². The van der Waals surface area contributed by atoms with E-state index in [1.807, 2.05) is 32.9 Å². The number of ketones is 1. The van der Waals surface area contributed by atoms with Crippen LogP contribution in [0.15, 0.2) is 30.4 Å². The largest absolute Gasteiger partial charge is 0.466 e. The Hall–Kier alpha value is -3.16. The molecule has 1 atom stereocenters. The molecule has 0 aromatic heterocycles. The summed E-state index contributed by atoms with van der Waals surface area (Å²) in [5.74, 6) is -0.763. The summed E-state index contributed by atoms with van der Waals surface area (Å²) in [5.41, 5.74) is 1.61. The molecule has 1 heterocycles. The van der Waals surface area contributed by atoms with E-state index in [1.54, 1.807) is 24.0 Å². The summed E-state index contributed by atoms with van der Waals surface area (Å²) in [4.78, 5) is 50.9. The zero-order chi connectivity index (χ0) is 25.6. The summed E-state index contributed by atoms with van der Waals surface area (Å²) >= 11 is 0. The molecule has 2 aliphatic rings. The number of hydrogen-bond donors (Lipinski definition) is 1. The number of nitrogens with one attached hydrogen (secondary N) is 1. The van der Waals surface area contributed by atoms with Gasteiger partial charge in [0.15, 0.2) is 5.78 Å². The molecule has 0 bridgehead atoms. The first-order chi connectivity index (χ1) is 16.6. The molecule has 190 valence electrons. The van der Waals surface area contributed by atoms with Gasteiger partial charge in [0.25, 0.3) is 0 Å². The van der Waals surface area contributed by atoms with Gasteiger partial charge in [0.1, 0.15) is 5.60 Å². The van der Waals surface area contributed by atoms with Crippen LogP contribution in [0.2, 0.25) is 0 Å². The second-order valence-corrected chi connectivity index (χ2v) is 10.1. The van der Waals surface area contributed by atoms with Crippen molar-refractivity contribution in [3.63, 3.8) is 0 Å². The number of anilines is 1. The normalized spacial score (nSPS) is 18.8. The van der Waals surface area contributed by atoms with Gasteiger partial charge in [-0.1, -0.05) is 6.08 Å². The molecule has 1 aliphatic heterocycles. The Bertz CT molecular complexity index is 986. The molecule has 35 heavy (non-hydrogen) atoms. The van der Waals surface area contributed by atoms with E-state index in [-0.39, 0.29) is 42.0 Å². The maximum Gasteiger partial charge on any atom is 0.410 e. The monoisotopic (exact) mass is 484 g/mol. The molecule has 1 aromatic rings. The number of allylic oxidation sites excluding steroid dienone is 1. The van der Waals surface area contributed by atoms with Crippen molar-refractivity contribution in [3.8, 4) is 0 Å². The molecule has 0 radical (unpaired) electrons. The van der Waals surface area contributed by atoms with Crippen LogP contribution in [0.4, 0.5) is 10.5 Å². The Morgan fingerprint density at radius 2 is 1.86 bits per heavy atom. The summed E-state index contributed by atoms with van der Waals surface area (Å²) in [6.07, 6.45) is 6.04. The van der Waals surface area contributed by atoms with Crippen molar-refractivity contribution in [1.29, 1.82) is 0 Å². The van der Waals surface area contributed by atoms with Crippen molar-refractivity contribution in [3.05, 3.63) is 41.5 Å². The summed E-state index contributed by atoms with van der Waals surface area (Å²) in [7, 11) is 0. The number of likely N-dealkylation sites (tertiary alicyclic amines) is 1. The van der Waals surface area contributed by atoms with E-state index in [0.29, 0.717) is 43.8 Å². The molecule has 1 unspecified atom stereocenters. The maximum atomic E-state index is 12.8. The van der Waals surface area contributed by atoms with Crippen LogP contribution >= 0.6 is 0 Å². The molecule has 1 aliphatic carbocycles. The van der Waals surface area contributed by atoms with E-state index in [1.165, 1.54) is 6.08 Å². The van der Waals surface area contributed by atoms with Crippen molar-refractivity contribution in [2.75, 3.05) is 25.0 Å². The number of amides is 2. The number of nitrogens with zero attached hydrogens (tertiary/aromatic N) is 1. The summed E-state index contributed by atoms with van der Waals surface area (Å²) in [5, 5.41) is 2.86. The minimum Gasteiger partial charge on any atom is -0.466 e. The van der Waals surface area contributed by atoms with Gasteiger partial charge < -0.3 is 19.7 Å². The van der Waals surface area contributed by atoms with Gasteiger partial charge in [-0.15, -0.1) is 0 Å². The Labute approximate surface area is 207 Å². The van der Waals surface area contributed by atoms with Gasteiger partial charge in [-0.05, 0) is 89.1 Å². The van der Waals surface area contributed by atoms with Gasteiger partial charge in [-0.25, -0.2) is 4.79 Å². The van der Waals surface area contributed by atoms with E-state index in [4.69, 9.17) is 9.47 Å². The Morgan fingerprint density at radius 3 is 2.51 bits per heavy atom. The molecule has 1 N–H and O–H groups in total. The maximum absolute atomic E-state index is 12.8.